The molecule has 0 aliphatic rings. The van der Waals surface area contributed by atoms with E-state index in [4.69, 9.17) is 14.2 Å². The second-order valence-electron chi connectivity index (χ2n) is 17.1. The van der Waals surface area contributed by atoms with Gasteiger partial charge in [0.25, 0.3) is 0 Å². The molecule has 0 radical (unpaired) electrons. The van der Waals surface area contributed by atoms with Gasteiger partial charge >= 0.3 is 17.9 Å². The minimum atomic E-state index is -0.829. The fourth-order valence-corrected chi connectivity index (χ4v) is 6.82. The first-order chi connectivity index (χ1) is 32.0. The molecule has 0 N–H and O–H groups in total. The fourth-order valence-electron chi connectivity index (χ4n) is 6.82. The summed E-state index contributed by atoms with van der Waals surface area (Å²) in [6.45, 7) is 6.39. The van der Waals surface area contributed by atoms with E-state index in [-0.39, 0.29) is 44.0 Å². The molecular weight excluding hydrogens is 805 g/mol. The third-order valence-corrected chi connectivity index (χ3v) is 10.8. The van der Waals surface area contributed by atoms with Crippen molar-refractivity contribution in [1.29, 1.82) is 0 Å². The highest BCUT2D eigenvalue weighted by atomic mass is 16.6. The highest BCUT2D eigenvalue weighted by molar-refractivity contribution is 5.71. The molecule has 6 nitrogen and oxygen atoms in total. The van der Waals surface area contributed by atoms with Gasteiger partial charge in [-0.05, 0) is 96.3 Å². The molecule has 0 fully saturated rings. The third kappa shape index (κ3) is 50.9. The van der Waals surface area contributed by atoms with Crippen LogP contribution < -0.4 is 0 Å². The molecule has 0 saturated carbocycles. The largest absolute Gasteiger partial charge is 0.462 e. The lowest BCUT2D eigenvalue weighted by Gasteiger charge is -2.18. The summed E-state index contributed by atoms with van der Waals surface area (Å²) in [4.78, 5) is 38.0. The van der Waals surface area contributed by atoms with Crippen molar-refractivity contribution in [2.24, 2.45) is 0 Å². The van der Waals surface area contributed by atoms with Crippen LogP contribution in [0, 0.1) is 0 Å². The second-order valence-corrected chi connectivity index (χ2v) is 17.1. The van der Waals surface area contributed by atoms with Crippen LogP contribution in [0.5, 0.6) is 0 Å². The summed E-state index contributed by atoms with van der Waals surface area (Å²) in [6.07, 6.45) is 70.8. The topological polar surface area (TPSA) is 78.9 Å². The van der Waals surface area contributed by atoms with Crippen molar-refractivity contribution in [1.82, 2.24) is 0 Å². The standard InChI is InChI=1S/C59H96O6/c1-4-7-10-13-16-19-22-25-27-29-31-34-37-40-43-46-49-52-58(61)64-55-56(54-63-57(60)51-48-45-42-39-36-33-24-21-18-15-12-9-6-3)65-59(62)53-50-47-44-41-38-35-32-30-28-26-23-20-17-14-11-8-5-2/h8,11,16-17,19-20,25-28,31-32,34-35,40-41,43-44,56H,4-7,9-10,12-15,18,21-24,29-30,33,36-39,42,45-55H2,1-3H3/b11-8-,19-16-,20-17-,27-25-,28-26-,34-31-,35-32-,43-40-,44-41-/t56-/m0/s1. The molecule has 65 heavy (non-hydrogen) atoms. The Morgan fingerprint density at radius 1 is 0.323 bits per heavy atom. The zero-order valence-corrected chi connectivity index (χ0v) is 42.0. The van der Waals surface area contributed by atoms with Gasteiger partial charge in [-0.3, -0.25) is 14.4 Å². The zero-order valence-electron chi connectivity index (χ0n) is 42.0. The lowest BCUT2D eigenvalue weighted by atomic mass is 10.0. The normalized spacial score (nSPS) is 13.0. The number of hydrogen-bond donors (Lipinski definition) is 0. The Bertz CT molecular complexity index is 1360. The molecule has 0 rings (SSSR count). The maximum Gasteiger partial charge on any atom is 0.306 e. The zero-order chi connectivity index (χ0) is 47.2. The van der Waals surface area contributed by atoms with E-state index in [9.17, 15) is 14.4 Å². The molecule has 6 heteroatoms. The number of ether oxygens (including phenoxy) is 3. The molecule has 0 heterocycles. The van der Waals surface area contributed by atoms with E-state index in [0.717, 1.165) is 83.5 Å². The maximum absolute atomic E-state index is 12.8. The summed E-state index contributed by atoms with van der Waals surface area (Å²) in [7, 11) is 0. The average molecular weight is 901 g/mol. The Labute approximate surface area is 400 Å². The smallest absolute Gasteiger partial charge is 0.306 e. The van der Waals surface area contributed by atoms with Gasteiger partial charge < -0.3 is 14.2 Å². The van der Waals surface area contributed by atoms with Crippen LogP contribution in [0.1, 0.15) is 226 Å². The molecule has 0 amide bonds. The summed E-state index contributed by atoms with van der Waals surface area (Å²) in [5.41, 5.74) is 0. The molecule has 0 aromatic heterocycles. The van der Waals surface area contributed by atoms with Gasteiger partial charge in [0.2, 0.25) is 0 Å². The van der Waals surface area contributed by atoms with Gasteiger partial charge in [-0.25, -0.2) is 0 Å². The Morgan fingerprint density at radius 3 is 1.00 bits per heavy atom. The van der Waals surface area contributed by atoms with Crippen molar-refractivity contribution in [3.8, 4) is 0 Å². The monoisotopic (exact) mass is 901 g/mol. The van der Waals surface area contributed by atoms with Gasteiger partial charge in [-0.2, -0.15) is 0 Å². The second kappa shape index (κ2) is 52.7. The number of rotatable bonds is 46. The van der Waals surface area contributed by atoms with Gasteiger partial charge in [0, 0.05) is 19.3 Å². The van der Waals surface area contributed by atoms with E-state index >= 15 is 0 Å². The van der Waals surface area contributed by atoms with Gasteiger partial charge in [0.05, 0.1) is 0 Å². The Morgan fingerprint density at radius 2 is 0.615 bits per heavy atom. The predicted molar refractivity (Wildman–Crippen MR) is 279 cm³/mol. The molecule has 1 atom stereocenters. The summed E-state index contributed by atoms with van der Waals surface area (Å²) in [5, 5.41) is 0. The Kier molecular flexibility index (Phi) is 49.5. The lowest BCUT2D eigenvalue weighted by molar-refractivity contribution is -0.167. The van der Waals surface area contributed by atoms with E-state index < -0.39 is 6.10 Å². The van der Waals surface area contributed by atoms with Crippen LogP contribution in [0.3, 0.4) is 0 Å². The molecule has 0 aromatic carbocycles. The maximum atomic E-state index is 12.8. The predicted octanol–water partition coefficient (Wildman–Crippen LogP) is 17.5. The highest BCUT2D eigenvalue weighted by Gasteiger charge is 2.19. The summed E-state index contributed by atoms with van der Waals surface area (Å²) in [5.74, 6) is -1.04. The van der Waals surface area contributed by atoms with Crippen LogP contribution in [0.25, 0.3) is 0 Å². The number of unbranched alkanes of at least 4 members (excludes halogenated alkanes) is 17. The van der Waals surface area contributed by atoms with Crippen molar-refractivity contribution in [2.75, 3.05) is 13.2 Å². The van der Waals surface area contributed by atoms with Crippen molar-refractivity contribution in [3.05, 3.63) is 109 Å². The van der Waals surface area contributed by atoms with Crippen LogP contribution in [0.2, 0.25) is 0 Å². The molecule has 0 bridgehead atoms. The first-order valence-electron chi connectivity index (χ1n) is 26.4. The molecule has 0 spiro atoms. The van der Waals surface area contributed by atoms with E-state index in [2.05, 4.69) is 130 Å². The van der Waals surface area contributed by atoms with Crippen LogP contribution in [0.15, 0.2) is 109 Å². The van der Waals surface area contributed by atoms with E-state index in [1.54, 1.807) is 0 Å². The summed E-state index contributed by atoms with van der Waals surface area (Å²) < 4.78 is 16.7. The van der Waals surface area contributed by atoms with Gasteiger partial charge in [-0.15, -0.1) is 0 Å². The van der Waals surface area contributed by atoms with Gasteiger partial charge in [0.1, 0.15) is 13.2 Å². The molecule has 0 aliphatic carbocycles. The first kappa shape index (κ1) is 61.1. The molecule has 0 unspecified atom stereocenters. The quantitative estimate of drug-likeness (QED) is 0.0262. The van der Waals surface area contributed by atoms with Crippen molar-refractivity contribution in [3.63, 3.8) is 0 Å². The minimum absolute atomic E-state index is 0.118. The minimum Gasteiger partial charge on any atom is -0.462 e. The summed E-state index contributed by atoms with van der Waals surface area (Å²) >= 11 is 0. The number of carbonyl (C=O) groups is 3. The van der Waals surface area contributed by atoms with Crippen LogP contribution in [-0.4, -0.2) is 37.2 Å². The van der Waals surface area contributed by atoms with Gasteiger partial charge in [0.15, 0.2) is 6.10 Å². The van der Waals surface area contributed by atoms with E-state index in [0.29, 0.717) is 19.3 Å². The fraction of sp³-hybridized carbons (Fsp3) is 0.644. The molecule has 368 valence electrons. The molecular formula is C59H96O6. The van der Waals surface area contributed by atoms with Crippen LogP contribution >= 0.6 is 0 Å². The van der Waals surface area contributed by atoms with Crippen molar-refractivity contribution < 1.29 is 28.6 Å². The molecule has 0 saturated heterocycles. The number of allylic oxidation sites excluding steroid dienone is 18. The SMILES string of the molecule is CC/C=C\C/C=C\C/C=C\C/C=C\C/C=C\CCCC(=O)O[C@H](COC(=O)CCC/C=C\C/C=C\C/C=C\C/C=C\CCCCC)COC(=O)CCCCCCCCCCCCCCC. The van der Waals surface area contributed by atoms with Crippen molar-refractivity contribution >= 4 is 17.9 Å². The molecule has 0 aromatic rings. The third-order valence-electron chi connectivity index (χ3n) is 10.8. The van der Waals surface area contributed by atoms with Gasteiger partial charge in [-0.1, -0.05) is 220 Å². The number of hydrogen-bond acceptors (Lipinski definition) is 6. The van der Waals surface area contributed by atoms with Crippen molar-refractivity contribution in [2.45, 2.75) is 232 Å². The Hall–Kier alpha value is -3.93. The first-order valence-corrected chi connectivity index (χ1v) is 26.4. The Balaban J connectivity index is 4.58. The summed E-state index contributed by atoms with van der Waals surface area (Å²) in [6, 6.07) is 0. The van der Waals surface area contributed by atoms with Crippen LogP contribution in [-0.2, 0) is 28.6 Å². The number of carbonyl (C=O) groups excluding carboxylic acids is 3. The van der Waals surface area contributed by atoms with Crippen LogP contribution in [0.4, 0.5) is 0 Å². The van der Waals surface area contributed by atoms with E-state index in [1.807, 2.05) is 0 Å². The number of esters is 3. The lowest BCUT2D eigenvalue weighted by Crippen LogP contribution is -2.30. The van der Waals surface area contributed by atoms with E-state index in [1.165, 1.54) is 89.9 Å². The highest BCUT2D eigenvalue weighted by Crippen LogP contribution is 2.14. The molecule has 0 aliphatic heterocycles. The average Bonchev–Trinajstić information content (AvgIpc) is 3.30.